The second-order valence-corrected chi connectivity index (χ2v) is 7.23. The predicted molar refractivity (Wildman–Crippen MR) is 102 cm³/mol. The SMILES string of the molecule is Cc1c(C#N)cccc1N1CCN(C(=O)[C@@H]2C[C@@H]2c2ccccc2)CC1. The molecule has 2 aromatic rings. The summed E-state index contributed by atoms with van der Waals surface area (Å²) < 4.78 is 0. The standard InChI is InChI=1S/C22H23N3O/c1-16-18(15-23)8-5-9-21(16)24-10-12-25(13-11-24)22(26)20-14-19(20)17-6-3-2-4-7-17/h2-9,19-20H,10-14H2,1H3/t19-,20-/m1/s1. The molecule has 26 heavy (non-hydrogen) atoms. The molecule has 1 saturated heterocycles. The lowest BCUT2D eigenvalue weighted by Crippen LogP contribution is -2.49. The lowest BCUT2D eigenvalue weighted by Gasteiger charge is -2.37. The Labute approximate surface area is 154 Å². The molecule has 1 saturated carbocycles. The van der Waals surface area contributed by atoms with Crippen LogP contribution in [0.3, 0.4) is 0 Å². The smallest absolute Gasteiger partial charge is 0.226 e. The zero-order valence-corrected chi connectivity index (χ0v) is 15.1. The van der Waals surface area contributed by atoms with E-state index in [9.17, 15) is 10.1 Å². The van der Waals surface area contributed by atoms with E-state index in [1.165, 1.54) is 5.56 Å². The first kappa shape index (κ1) is 16.7. The molecule has 0 radical (unpaired) electrons. The summed E-state index contributed by atoms with van der Waals surface area (Å²) in [5.41, 5.74) is 4.16. The monoisotopic (exact) mass is 345 g/mol. The number of carbonyl (C=O) groups is 1. The lowest BCUT2D eigenvalue weighted by molar-refractivity contribution is -0.132. The number of hydrogen-bond acceptors (Lipinski definition) is 3. The van der Waals surface area contributed by atoms with Crippen molar-refractivity contribution in [3.63, 3.8) is 0 Å². The molecule has 1 heterocycles. The molecule has 0 unspecified atom stereocenters. The highest BCUT2D eigenvalue weighted by molar-refractivity contribution is 5.83. The third-order valence-corrected chi connectivity index (χ3v) is 5.69. The van der Waals surface area contributed by atoms with Gasteiger partial charge in [0.05, 0.1) is 11.6 Å². The maximum Gasteiger partial charge on any atom is 0.226 e. The topological polar surface area (TPSA) is 47.3 Å². The summed E-state index contributed by atoms with van der Waals surface area (Å²) in [7, 11) is 0. The molecule has 1 aliphatic carbocycles. The first-order valence-electron chi connectivity index (χ1n) is 9.27. The maximum atomic E-state index is 12.8. The van der Waals surface area contributed by atoms with Crippen molar-refractivity contribution in [1.29, 1.82) is 5.26 Å². The summed E-state index contributed by atoms with van der Waals surface area (Å²) in [6.45, 7) is 5.16. The van der Waals surface area contributed by atoms with E-state index in [1.807, 2.05) is 42.2 Å². The van der Waals surface area contributed by atoms with E-state index in [0.717, 1.165) is 49.4 Å². The van der Waals surface area contributed by atoms with Crippen molar-refractivity contribution in [2.45, 2.75) is 19.3 Å². The van der Waals surface area contributed by atoms with Gasteiger partial charge in [-0.1, -0.05) is 36.4 Å². The molecule has 2 fully saturated rings. The van der Waals surface area contributed by atoms with Crippen molar-refractivity contribution in [3.05, 3.63) is 65.2 Å². The average Bonchev–Trinajstić information content (AvgIpc) is 3.49. The van der Waals surface area contributed by atoms with Gasteiger partial charge in [0, 0.05) is 37.8 Å². The fourth-order valence-electron chi connectivity index (χ4n) is 4.03. The molecular formula is C22H23N3O. The zero-order chi connectivity index (χ0) is 18.1. The summed E-state index contributed by atoms with van der Waals surface area (Å²) in [6.07, 6.45) is 0.979. The molecule has 132 valence electrons. The molecule has 4 heteroatoms. The van der Waals surface area contributed by atoms with Crippen LogP contribution in [0.1, 0.15) is 29.0 Å². The van der Waals surface area contributed by atoms with Gasteiger partial charge in [0.2, 0.25) is 5.91 Å². The van der Waals surface area contributed by atoms with Gasteiger partial charge in [-0.3, -0.25) is 4.79 Å². The number of anilines is 1. The van der Waals surface area contributed by atoms with Gasteiger partial charge in [0.15, 0.2) is 0 Å². The number of benzene rings is 2. The van der Waals surface area contributed by atoms with E-state index in [4.69, 9.17) is 0 Å². The Hall–Kier alpha value is -2.80. The zero-order valence-electron chi connectivity index (χ0n) is 15.1. The first-order valence-corrected chi connectivity index (χ1v) is 9.27. The highest BCUT2D eigenvalue weighted by Crippen LogP contribution is 2.48. The number of amides is 1. The minimum Gasteiger partial charge on any atom is -0.368 e. The Balaban J connectivity index is 1.37. The molecule has 1 amide bonds. The summed E-state index contributed by atoms with van der Waals surface area (Å²) in [6, 6.07) is 18.5. The Kier molecular flexibility index (Phi) is 4.38. The van der Waals surface area contributed by atoms with Crippen LogP contribution >= 0.6 is 0 Å². The van der Waals surface area contributed by atoms with E-state index < -0.39 is 0 Å². The van der Waals surface area contributed by atoms with Crippen LogP contribution in [0, 0.1) is 24.2 Å². The largest absolute Gasteiger partial charge is 0.368 e. The van der Waals surface area contributed by atoms with Crippen LogP contribution in [0.5, 0.6) is 0 Å². The van der Waals surface area contributed by atoms with Gasteiger partial charge >= 0.3 is 0 Å². The first-order chi connectivity index (χ1) is 12.7. The van der Waals surface area contributed by atoms with Gasteiger partial charge in [0.1, 0.15) is 0 Å². The molecule has 0 N–H and O–H groups in total. The number of nitrogens with zero attached hydrogens (tertiary/aromatic N) is 3. The average molecular weight is 345 g/mol. The maximum absolute atomic E-state index is 12.8. The highest BCUT2D eigenvalue weighted by Gasteiger charge is 2.46. The quantitative estimate of drug-likeness (QED) is 0.857. The Bertz CT molecular complexity index is 847. The van der Waals surface area contributed by atoms with Gasteiger partial charge in [0.25, 0.3) is 0 Å². The van der Waals surface area contributed by atoms with Crippen LogP contribution in [0.4, 0.5) is 5.69 Å². The summed E-state index contributed by atoms with van der Waals surface area (Å²) in [5.74, 6) is 0.866. The Morgan fingerprint density at radius 1 is 1.04 bits per heavy atom. The Morgan fingerprint density at radius 3 is 2.46 bits per heavy atom. The van der Waals surface area contributed by atoms with Crippen LogP contribution in [-0.4, -0.2) is 37.0 Å². The van der Waals surface area contributed by atoms with Crippen LogP contribution in [0.2, 0.25) is 0 Å². The lowest BCUT2D eigenvalue weighted by atomic mass is 10.1. The second-order valence-electron chi connectivity index (χ2n) is 7.23. The summed E-state index contributed by atoms with van der Waals surface area (Å²) >= 11 is 0. The minimum absolute atomic E-state index is 0.160. The predicted octanol–water partition coefficient (Wildman–Crippen LogP) is 3.32. The normalized spacial score (nSPS) is 22.0. The van der Waals surface area contributed by atoms with Crippen molar-refractivity contribution in [1.82, 2.24) is 4.90 Å². The summed E-state index contributed by atoms with van der Waals surface area (Å²) in [5, 5.41) is 9.22. The number of piperazine rings is 1. The third-order valence-electron chi connectivity index (χ3n) is 5.69. The number of rotatable bonds is 3. The van der Waals surface area contributed by atoms with Crippen molar-refractivity contribution in [2.75, 3.05) is 31.1 Å². The molecule has 0 spiro atoms. The van der Waals surface area contributed by atoms with E-state index in [0.29, 0.717) is 11.8 Å². The molecule has 2 atom stereocenters. The van der Waals surface area contributed by atoms with Gasteiger partial charge in [-0.15, -0.1) is 0 Å². The fraction of sp³-hybridized carbons (Fsp3) is 0.364. The third kappa shape index (κ3) is 3.06. The van der Waals surface area contributed by atoms with Gasteiger partial charge in [-0.25, -0.2) is 0 Å². The molecular weight excluding hydrogens is 322 g/mol. The van der Waals surface area contributed by atoms with Crippen LogP contribution in [-0.2, 0) is 4.79 Å². The number of nitriles is 1. The van der Waals surface area contributed by atoms with Crippen LogP contribution in [0.15, 0.2) is 48.5 Å². The van der Waals surface area contributed by atoms with Crippen molar-refractivity contribution < 1.29 is 4.79 Å². The molecule has 4 rings (SSSR count). The fourth-order valence-corrected chi connectivity index (χ4v) is 4.03. The molecule has 2 aromatic carbocycles. The van der Waals surface area contributed by atoms with E-state index in [1.54, 1.807) is 0 Å². The summed E-state index contributed by atoms with van der Waals surface area (Å²) in [4.78, 5) is 17.1. The molecule has 4 nitrogen and oxygen atoms in total. The van der Waals surface area contributed by atoms with Crippen molar-refractivity contribution in [2.24, 2.45) is 5.92 Å². The second kappa shape index (κ2) is 6.84. The van der Waals surface area contributed by atoms with E-state index in [2.05, 4.69) is 29.2 Å². The van der Waals surface area contributed by atoms with E-state index >= 15 is 0 Å². The molecule has 2 aliphatic rings. The number of hydrogen-bond donors (Lipinski definition) is 0. The van der Waals surface area contributed by atoms with Crippen LogP contribution < -0.4 is 4.90 Å². The van der Waals surface area contributed by atoms with Gasteiger partial charge < -0.3 is 9.80 Å². The minimum atomic E-state index is 0.160. The Morgan fingerprint density at radius 2 is 1.77 bits per heavy atom. The molecule has 0 bridgehead atoms. The van der Waals surface area contributed by atoms with E-state index in [-0.39, 0.29) is 5.92 Å². The van der Waals surface area contributed by atoms with Gasteiger partial charge in [-0.2, -0.15) is 5.26 Å². The highest BCUT2D eigenvalue weighted by atomic mass is 16.2. The van der Waals surface area contributed by atoms with Crippen molar-refractivity contribution in [3.8, 4) is 6.07 Å². The number of carbonyl (C=O) groups excluding carboxylic acids is 1. The molecule has 1 aliphatic heterocycles. The van der Waals surface area contributed by atoms with Crippen molar-refractivity contribution >= 4 is 11.6 Å². The molecule has 0 aromatic heterocycles. The van der Waals surface area contributed by atoms with Gasteiger partial charge in [-0.05, 0) is 42.5 Å². The van der Waals surface area contributed by atoms with Crippen LogP contribution in [0.25, 0.3) is 0 Å².